The fraction of sp³-hybridized carbons (Fsp3) is 0.333. The monoisotopic (exact) mass is 306 g/mol. The molecule has 0 saturated heterocycles. The first-order chi connectivity index (χ1) is 9.58. The molecule has 0 radical (unpaired) electrons. The number of benzene rings is 1. The molecule has 0 spiro atoms. The third kappa shape index (κ3) is 4.08. The number of anilines is 1. The van der Waals surface area contributed by atoms with Crippen LogP contribution in [-0.2, 0) is 4.79 Å². The summed E-state index contributed by atoms with van der Waals surface area (Å²) in [5.74, 6) is 0.0755. The molecule has 0 atom stereocenters. The summed E-state index contributed by atoms with van der Waals surface area (Å²) in [5, 5.41) is 5.00. The van der Waals surface area contributed by atoms with Crippen molar-refractivity contribution in [3.05, 3.63) is 34.8 Å². The van der Waals surface area contributed by atoms with Crippen molar-refractivity contribution in [1.82, 2.24) is 4.98 Å². The third-order valence-corrected chi connectivity index (χ3v) is 4.80. The number of hydrogen-bond donors (Lipinski definition) is 1. The van der Waals surface area contributed by atoms with Crippen molar-refractivity contribution in [2.75, 3.05) is 5.32 Å². The van der Waals surface area contributed by atoms with Crippen molar-refractivity contribution in [2.24, 2.45) is 0 Å². The number of rotatable bonds is 5. The number of aromatic nitrogens is 1. The first-order valence-electron chi connectivity index (χ1n) is 6.59. The van der Waals surface area contributed by atoms with Crippen LogP contribution in [-0.4, -0.2) is 10.9 Å². The van der Waals surface area contributed by atoms with Gasteiger partial charge in [0.1, 0.15) is 0 Å². The normalized spacial score (nSPS) is 10.6. The van der Waals surface area contributed by atoms with E-state index in [0.29, 0.717) is 6.42 Å². The second kappa shape index (κ2) is 6.90. The molecule has 5 heteroatoms. The van der Waals surface area contributed by atoms with E-state index in [0.717, 1.165) is 32.6 Å². The first kappa shape index (κ1) is 15.1. The van der Waals surface area contributed by atoms with Crippen LogP contribution in [0.4, 0.5) is 5.69 Å². The summed E-state index contributed by atoms with van der Waals surface area (Å²) in [7, 11) is 0. The van der Waals surface area contributed by atoms with Crippen LogP contribution < -0.4 is 5.32 Å². The van der Waals surface area contributed by atoms with Crippen molar-refractivity contribution in [2.45, 2.75) is 42.8 Å². The lowest BCUT2D eigenvalue weighted by molar-refractivity contribution is -0.116. The molecule has 1 N–H and O–H groups in total. The minimum atomic E-state index is 0.0755. The molecule has 106 valence electrons. The highest BCUT2D eigenvalue weighted by atomic mass is 32.2. The van der Waals surface area contributed by atoms with Crippen LogP contribution in [0, 0.1) is 13.8 Å². The highest BCUT2D eigenvalue weighted by Crippen LogP contribution is 2.32. The van der Waals surface area contributed by atoms with E-state index in [1.807, 2.05) is 32.9 Å². The Hall–Kier alpha value is -1.33. The Morgan fingerprint density at radius 3 is 2.80 bits per heavy atom. The molecule has 0 aliphatic heterocycles. The van der Waals surface area contributed by atoms with Crippen LogP contribution in [0.3, 0.4) is 0 Å². The summed E-state index contributed by atoms with van der Waals surface area (Å²) in [5.41, 5.74) is 3.02. The zero-order chi connectivity index (χ0) is 14.5. The summed E-state index contributed by atoms with van der Waals surface area (Å²) in [6.45, 7) is 6.01. The minimum Gasteiger partial charge on any atom is -0.326 e. The van der Waals surface area contributed by atoms with Gasteiger partial charge in [-0.2, -0.15) is 0 Å². The second-order valence-electron chi connectivity index (χ2n) is 4.63. The topological polar surface area (TPSA) is 42.0 Å². The number of nitrogens with one attached hydrogen (secondary N) is 1. The van der Waals surface area contributed by atoms with Gasteiger partial charge >= 0.3 is 0 Å². The summed E-state index contributed by atoms with van der Waals surface area (Å²) >= 11 is 3.31. The summed E-state index contributed by atoms with van der Waals surface area (Å²) in [6, 6.07) is 6.07. The van der Waals surface area contributed by atoms with Crippen molar-refractivity contribution in [3.63, 3.8) is 0 Å². The van der Waals surface area contributed by atoms with Crippen molar-refractivity contribution in [1.29, 1.82) is 0 Å². The fourth-order valence-corrected chi connectivity index (χ4v) is 3.67. The number of carbonyl (C=O) groups is 1. The summed E-state index contributed by atoms with van der Waals surface area (Å²) < 4.78 is 1.05. The molecular formula is C15H18N2OS2. The Labute approximate surface area is 127 Å². The molecule has 2 aromatic rings. The Morgan fingerprint density at radius 1 is 1.40 bits per heavy atom. The zero-order valence-corrected chi connectivity index (χ0v) is 13.5. The Morgan fingerprint density at radius 2 is 2.20 bits per heavy atom. The zero-order valence-electron chi connectivity index (χ0n) is 11.9. The first-order valence-corrected chi connectivity index (χ1v) is 8.28. The lowest BCUT2D eigenvalue weighted by Gasteiger charge is -2.09. The van der Waals surface area contributed by atoms with E-state index in [-0.39, 0.29) is 5.91 Å². The molecule has 2 rings (SSSR count). The molecule has 1 amide bonds. The summed E-state index contributed by atoms with van der Waals surface area (Å²) in [6.07, 6.45) is 1.43. The fourth-order valence-electron chi connectivity index (χ4n) is 1.76. The van der Waals surface area contributed by atoms with Crippen molar-refractivity contribution >= 4 is 34.7 Å². The molecule has 0 unspecified atom stereocenters. The van der Waals surface area contributed by atoms with E-state index in [2.05, 4.69) is 21.7 Å². The van der Waals surface area contributed by atoms with Crippen LogP contribution in [0.1, 0.15) is 31.0 Å². The Kier molecular flexibility index (Phi) is 5.20. The molecule has 0 aliphatic carbocycles. The van der Waals surface area contributed by atoms with Crippen molar-refractivity contribution < 1.29 is 4.79 Å². The maximum Gasteiger partial charge on any atom is 0.224 e. The van der Waals surface area contributed by atoms with Gasteiger partial charge in [-0.15, -0.1) is 11.3 Å². The molecule has 3 nitrogen and oxygen atoms in total. The Bertz CT molecular complexity index is 608. The van der Waals surface area contributed by atoms with Gasteiger partial charge in [0.05, 0.1) is 0 Å². The number of hydrogen-bond acceptors (Lipinski definition) is 4. The van der Waals surface area contributed by atoms with Gasteiger partial charge in [0.2, 0.25) is 5.91 Å². The molecular weight excluding hydrogens is 288 g/mol. The molecule has 0 fully saturated rings. The molecule has 0 aliphatic rings. The van der Waals surface area contributed by atoms with E-state index in [4.69, 9.17) is 0 Å². The number of thiazole rings is 1. The van der Waals surface area contributed by atoms with Crippen molar-refractivity contribution in [3.8, 4) is 0 Å². The number of carbonyl (C=O) groups excluding carboxylic acids is 1. The van der Waals surface area contributed by atoms with Gasteiger partial charge in [-0.1, -0.05) is 18.7 Å². The van der Waals surface area contributed by atoms with Crippen LogP contribution in [0.2, 0.25) is 0 Å². The average molecular weight is 306 g/mol. The predicted octanol–water partition coefficient (Wildman–Crippen LogP) is 4.65. The van der Waals surface area contributed by atoms with Gasteiger partial charge in [-0.25, -0.2) is 4.98 Å². The van der Waals surface area contributed by atoms with Crippen LogP contribution in [0.5, 0.6) is 0 Å². The smallest absolute Gasteiger partial charge is 0.224 e. The predicted molar refractivity (Wildman–Crippen MR) is 85.7 cm³/mol. The van der Waals surface area contributed by atoms with E-state index in [1.54, 1.807) is 23.1 Å². The van der Waals surface area contributed by atoms with Crippen LogP contribution >= 0.6 is 23.1 Å². The van der Waals surface area contributed by atoms with Crippen LogP contribution in [0.25, 0.3) is 0 Å². The number of nitrogens with zero attached hydrogens (tertiary/aromatic N) is 1. The maximum atomic E-state index is 11.6. The van der Waals surface area contributed by atoms with Gasteiger partial charge in [-0.3, -0.25) is 4.79 Å². The molecule has 0 saturated carbocycles. The largest absolute Gasteiger partial charge is 0.326 e. The maximum absolute atomic E-state index is 11.6. The van der Waals surface area contributed by atoms with Gasteiger partial charge < -0.3 is 5.32 Å². The van der Waals surface area contributed by atoms with Gasteiger partial charge in [0.15, 0.2) is 4.34 Å². The third-order valence-electron chi connectivity index (χ3n) is 2.75. The quantitative estimate of drug-likeness (QED) is 0.874. The lowest BCUT2D eigenvalue weighted by atomic mass is 10.2. The minimum absolute atomic E-state index is 0.0755. The molecule has 0 bridgehead atoms. The summed E-state index contributed by atoms with van der Waals surface area (Å²) in [4.78, 5) is 17.2. The highest BCUT2D eigenvalue weighted by Gasteiger charge is 2.07. The van der Waals surface area contributed by atoms with Gasteiger partial charge in [0, 0.05) is 28.1 Å². The van der Waals surface area contributed by atoms with Gasteiger partial charge in [0.25, 0.3) is 0 Å². The molecule has 20 heavy (non-hydrogen) atoms. The Balaban J connectivity index is 2.07. The van der Waals surface area contributed by atoms with Gasteiger partial charge in [-0.05, 0) is 44.0 Å². The van der Waals surface area contributed by atoms with E-state index < -0.39 is 0 Å². The lowest BCUT2D eigenvalue weighted by Crippen LogP contribution is -2.11. The molecule has 1 aromatic carbocycles. The SMILES string of the molecule is CCCC(=O)Nc1ccc(Sc2nc(C)cs2)cc1C. The highest BCUT2D eigenvalue weighted by molar-refractivity contribution is 8.01. The standard InChI is InChI=1S/C15H18N2OS2/c1-4-5-14(18)17-13-7-6-12(8-10(13)2)20-15-16-11(3)9-19-15/h6-9H,4-5H2,1-3H3,(H,17,18). The average Bonchev–Trinajstić information content (AvgIpc) is 2.78. The number of amides is 1. The second-order valence-corrected chi connectivity index (χ2v) is 6.81. The molecule has 1 heterocycles. The van der Waals surface area contributed by atoms with E-state index in [9.17, 15) is 4.79 Å². The number of aryl methyl sites for hydroxylation is 2. The van der Waals surface area contributed by atoms with Crippen LogP contribution in [0.15, 0.2) is 32.8 Å². The van der Waals surface area contributed by atoms with E-state index in [1.165, 1.54) is 0 Å². The molecule has 1 aromatic heterocycles. The van der Waals surface area contributed by atoms with E-state index >= 15 is 0 Å².